The Hall–Kier alpha value is -2.45. The van der Waals surface area contributed by atoms with Crippen LogP contribution in [0.4, 0.5) is 23.7 Å². The van der Waals surface area contributed by atoms with Crippen LogP contribution in [0.5, 0.6) is 5.75 Å². The van der Waals surface area contributed by atoms with Gasteiger partial charge < -0.3 is 20.3 Å². The Labute approximate surface area is 192 Å². The Balaban J connectivity index is 0.00000363. The van der Waals surface area contributed by atoms with Gasteiger partial charge in [0.25, 0.3) is 0 Å². The number of urea groups is 1. The van der Waals surface area contributed by atoms with Gasteiger partial charge in [0.05, 0.1) is 6.61 Å². The summed E-state index contributed by atoms with van der Waals surface area (Å²) in [6, 6.07) is 8.99. The van der Waals surface area contributed by atoms with E-state index in [0.717, 1.165) is 44.5 Å². The molecule has 0 aliphatic carbocycles. The molecule has 32 heavy (non-hydrogen) atoms. The van der Waals surface area contributed by atoms with Crippen molar-refractivity contribution < 1.29 is 22.7 Å². The van der Waals surface area contributed by atoms with Crippen molar-refractivity contribution in [3.8, 4) is 5.75 Å². The number of rotatable bonds is 9. The largest absolute Gasteiger partial charge is 0.488 e. The van der Waals surface area contributed by atoms with Crippen LogP contribution in [0.25, 0.3) is 0 Å². The van der Waals surface area contributed by atoms with Crippen LogP contribution in [0.15, 0.2) is 36.4 Å². The van der Waals surface area contributed by atoms with E-state index in [1.807, 2.05) is 24.3 Å². The number of aryl methyl sites for hydroxylation is 1. The predicted molar refractivity (Wildman–Crippen MR) is 121 cm³/mol. The topological polar surface area (TPSA) is 53.6 Å². The minimum Gasteiger partial charge on any atom is -0.488 e. The summed E-state index contributed by atoms with van der Waals surface area (Å²) in [6.45, 7) is 3.24. The summed E-state index contributed by atoms with van der Waals surface area (Å²) in [5.74, 6) is -3.53. The van der Waals surface area contributed by atoms with Crippen LogP contribution in [0.2, 0.25) is 0 Å². The monoisotopic (exact) mass is 471 g/mol. The Morgan fingerprint density at radius 1 is 0.969 bits per heavy atom. The Kier molecular flexibility index (Phi) is 10.6. The molecule has 0 bridgehead atoms. The smallest absolute Gasteiger partial charge is 0.321 e. The average Bonchev–Trinajstić information content (AvgIpc) is 2.76. The Morgan fingerprint density at radius 3 is 2.25 bits per heavy atom. The lowest BCUT2D eigenvalue weighted by Gasteiger charge is -2.27. The van der Waals surface area contributed by atoms with Crippen LogP contribution in [0, 0.1) is 17.5 Å². The maximum Gasteiger partial charge on any atom is 0.321 e. The molecular formula is C23H29ClF3N3O2. The second kappa shape index (κ2) is 13.2. The maximum absolute atomic E-state index is 13.5. The van der Waals surface area contributed by atoms with Crippen molar-refractivity contribution in [2.24, 2.45) is 0 Å². The number of nitrogens with one attached hydrogen (secondary N) is 2. The number of unbranched alkanes of at least 4 members (excludes halogenated alkanes) is 3. The predicted octanol–water partition coefficient (Wildman–Crippen LogP) is 5.14. The van der Waals surface area contributed by atoms with Crippen LogP contribution in [0.1, 0.15) is 31.2 Å². The fourth-order valence-electron chi connectivity index (χ4n) is 3.45. The first kappa shape index (κ1) is 25.8. The van der Waals surface area contributed by atoms with Gasteiger partial charge in [-0.2, -0.15) is 0 Å². The van der Waals surface area contributed by atoms with Crippen molar-refractivity contribution >= 4 is 24.1 Å². The molecule has 1 aliphatic heterocycles. The van der Waals surface area contributed by atoms with Gasteiger partial charge in [-0.1, -0.05) is 25.0 Å². The van der Waals surface area contributed by atoms with Gasteiger partial charge in [-0.25, -0.2) is 18.0 Å². The molecule has 2 amide bonds. The number of piperazine rings is 1. The molecule has 0 saturated carbocycles. The van der Waals surface area contributed by atoms with Gasteiger partial charge in [0, 0.05) is 44.0 Å². The molecule has 0 unspecified atom stereocenters. The first-order valence-corrected chi connectivity index (χ1v) is 10.7. The van der Waals surface area contributed by atoms with Gasteiger partial charge in [0.1, 0.15) is 5.82 Å². The van der Waals surface area contributed by atoms with Gasteiger partial charge in [0.15, 0.2) is 17.4 Å². The third-order valence-electron chi connectivity index (χ3n) is 5.18. The molecular weight excluding hydrogens is 443 g/mol. The third kappa shape index (κ3) is 7.91. The molecule has 3 rings (SSSR count). The van der Waals surface area contributed by atoms with E-state index < -0.39 is 23.2 Å². The van der Waals surface area contributed by atoms with Gasteiger partial charge in [-0.15, -0.1) is 12.4 Å². The highest BCUT2D eigenvalue weighted by Crippen LogP contribution is 2.23. The number of hydrogen-bond acceptors (Lipinski definition) is 3. The van der Waals surface area contributed by atoms with Crippen molar-refractivity contribution in [3.63, 3.8) is 0 Å². The van der Waals surface area contributed by atoms with Gasteiger partial charge >= 0.3 is 6.03 Å². The third-order valence-corrected chi connectivity index (χ3v) is 5.18. The van der Waals surface area contributed by atoms with E-state index in [1.54, 1.807) is 4.90 Å². The SMILES string of the molecule is Cl.O=C(Nc1ccc(CCCCCCOc2c(F)cc(F)cc2F)cc1)N1CCNCC1. The van der Waals surface area contributed by atoms with Crippen LogP contribution in [-0.2, 0) is 6.42 Å². The van der Waals surface area contributed by atoms with Crippen molar-refractivity contribution in [2.75, 3.05) is 38.1 Å². The summed E-state index contributed by atoms with van der Waals surface area (Å²) < 4.78 is 45.0. The summed E-state index contributed by atoms with van der Waals surface area (Å²) >= 11 is 0. The number of hydrogen-bond donors (Lipinski definition) is 2. The molecule has 1 aliphatic rings. The number of ether oxygens (including phenoxy) is 1. The molecule has 5 nitrogen and oxygen atoms in total. The van der Waals surface area contributed by atoms with Gasteiger partial charge in [0.2, 0.25) is 0 Å². The number of halogens is 4. The molecule has 0 radical (unpaired) electrons. The first-order valence-electron chi connectivity index (χ1n) is 10.7. The molecule has 2 N–H and O–H groups in total. The lowest BCUT2D eigenvalue weighted by molar-refractivity contribution is 0.204. The van der Waals surface area contributed by atoms with Crippen LogP contribution < -0.4 is 15.4 Å². The van der Waals surface area contributed by atoms with E-state index >= 15 is 0 Å². The summed E-state index contributed by atoms with van der Waals surface area (Å²) in [7, 11) is 0. The normalized spacial score (nSPS) is 13.4. The van der Waals surface area contributed by atoms with E-state index in [0.29, 0.717) is 31.6 Å². The number of nitrogens with zero attached hydrogens (tertiary/aromatic N) is 1. The van der Waals surface area contributed by atoms with Crippen molar-refractivity contribution in [3.05, 3.63) is 59.4 Å². The van der Waals surface area contributed by atoms with Crippen LogP contribution >= 0.6 is 12.4 Å². The molecule has 1 fully saturated rings. The van der Waals surface area contributed by atoms with Gasteiger partial charge in [-0.05, 0) is 37.0 Å². The summed E-state index contributed by atoms with van der Waals surface area (Å²) in [5, 5.41) is 6.14. The van der Waals surface area contributed by atoms with E-state index in [2.05, 4.69) is 10.6 Å². The van der Waals surface area contributed by atoms with Gasteiger partial charge in [-0.3, -0.25) is 0 Å². The lowest BCUT2D eigenvalue weighted by atomic mass is 10.1. The zero-order valence-electron chi connectivity index (χ0n) is 17.8. The van der Waals surface area contributed by atoms with Crippen LogP contribution in [0.3, 0.4) is 0 Å². The zero-order valence-corrected chi connectivity index (χ0v) is 18.7. The minimum absolute atomic E-state index is 0. The number of anilines is 1. The molecule has 1 saturated heterocycles. The number of carbonyl (C=O) groups excluding carboxylic acids is 1. The fourth-order valence-corrected chi connectivity index (χ4v) is 3.45. The Morgan fingerprint density at radius 2 is 1.59 bits per heavy atom. The fraction of sp³-hybridized carbons (Fsp3) is 0.435. The summed E-state index contributed by atoms with van der Waals surface area (Å²) in [6.07, 6.45) is 4.37. The molecule has 1 heterocycles. The van der Waals surface area contributed by atoms with Crippen molar-refractivity contribution in [1.82, 2.24) is 10.2 Å². The first-order chi connectivity index (χ1) is 15.0. The molecule has 0 atom stereocenters. The molecule has 9 heteroatoms. The van der Waals surface area contributed by atoms with E-state index in [9.17, 15) is 18.0 Å². The van der Waals surface area contributed by atoms with Crippen molar-refractivity contribution in [1.29, 1.82) is 0 Å². The van der Waals surface area contributed by atoms with E-state index in [1.165, 1.54) is 5.56 Å². The van der Waals surface area contributed by atoms with E-state index in [4.69, 9.17) is 4.74 Å². The summed E-state index contributed by atoms with van der Waals surface area (Å²) in [5.41, 5.74) is 1.97. The number of carbonyl (C=O) groups is 1. The molecule has 0 aromatic heterocycles. The average molecular weight is 472 g/mol. The minimum atomic E-state index is -1.02. The van der Waals surface area contributed by atoms with Crippen molar-refractivity contribution in [2.45, 2.75) is 32.1 Å². The summed E-state index contributed by atoms with van der Waals surface area (Å²) in [4.78, 5) is 14.0. The quantitative estimate of drug-likeness (QED) is 0.498. The lowest BCUT2D eigenvalue weighted by Crippen LogP contribution is -2.48. The number of amides is 2. The number of benzene rings is 2. The molecule has 2 aromatic rings. The highest BCUT2D eigenvalue weighted by molar-refractivity contribution is 5.89. The standard InChI is InChI=1S/C23H28F3N3O2.ClH/c24-18-15-20(25)22(21(26)16-18)31-14-4-2-1-3-5-17-6-8-19(9-7-17)28-23(30)29-12-10-27-11-13-29;/h6-9,15-16,27H,1-5,10-14H2,(H,28,30);1H. The highest BCUT2D eigenvalue weighted by atomic mass is 35.5. The molecule has 0 spiro atoms. The molecule has 176 valence electrons. The Bertz CT molecular complexity index is 839. The second-order valence-electron chi connectivity index (χ2n) is 7.58. The highest BCUT2D eigenvalue weighted by Gasteiger charge is 2.16. The molecule has 2 aromatic carbocycles. The second-order valence-corrected chi connectivity index (χ2v) is 7.58. The zero-order chi connectivity index (χ0) is 22.1. The maximum atomic E-state index is 13.5. The van der Waals surface area contributed by atoms with Crippen LogP contribution in [-0.4, -0.2) is 43.7 Å². The van der Waals surface area contributed by atoms with E-state index in [-0.39, 0.29) is 25.0 Å².